The van der Waals surface area contributed by atoms with Crippen molar-refractivity contribution >= 4 is 23.0 Å². The van der Waals surface area contributed by atoms with Gasteiger partial charge in [-0.25, -0.2) is 0 Å². The molecule has 22 heavy (non-hydrogen) atoms. The summed E-state index contributed by atoms with van der Waals surface area (Å²) >= 11 is 6.37. The van der Waals surface area contributed by atoms with Crippen LogP contribution in [0.3, 0.4) is 0 Å². The number of hydrogen-bond acceptors (Lipinski definition) is 4. The zero-order valence-corrected chi connectivity index (χ0v) is 12.6. The first-order chi connectivity index (χ1) is 10.5. The molecule has 0 fully saturated rings. The van der Waals surface area contributed by atoms with E-state index in [0.29, 0.717) is 11.3 Å². The van der Waals surface area contributed by atoms with Crippen molar-refractivity contribution < 1.29 is 0 Å². The summed E-state index contributed by atoms with van der Waals surface area (Å²) in [4.78, 5) is 0. The Bertz CT molecular complexity index is 730. The first-order valence-electron chi connectivity index (χ1n) is 6.63. The topological polar surface area (TPSA) is 102 Å². The Balaban J connectivity index is 2.50. The minimum Gasteiger partial charge on any atom is -0.397 e. The zero-order chi connectivity index (χ0) is 16.1. The first-order valence-corrected chi connectivity index (χ1v) is 7.00. The minimum atomic E-state index is -0.0438. The standard InChI is InChI=1S/C17H17ClN4/c18-14(16(20)12-9-5-2-6-10-12)13(17(21)22)15(19)11-7-3-1-4-8-11/h1-10,19H,20-22H2/b16-14+,19-15?. The van der Waals surface area contributed by atoms with Crippen LogP contribution >= 0.6 is 11.6 Å². The molecule has 0 aromatic heterocycles. The van der Waals surface area contributed by atoms with Crippen molar-refractivity contribution in [2.75, 3.05) is 0 Å². The maximum Gasteiger partial charge on any atom is 0.105 e. The monoisotopic (exact) mass is 312 g/mol. The smallest absolute Gasteiger partial charge is 0.105 e. The number of nitrogens with two attached hydrogens (primary N) is 3. The largest absolute Gasteiger partial charge is 0.397 e. The van der Waals surface area contributed by atoms with E-state index in [4.69, 9.17) is 34.2 Å². The number of nitrogens with one attached hydrogen (secondary N) is 1. The third-order valence-corrected chi connectivity index (χ3v) is 3.53. The molecule has 2 aromatic rings. The van der Waals surface area contributed by atoms with Gasteiger partial charge in [0.25, 0.3) is 0 Å². The van der Waals surface area contributed by atoms with Gasteiger partial charge >= 0.3 is 0 Å². The van der Waals surface area contributed by atoms with Crippen LogP contribution in [-0.4, -0.2) is 5.71 Å². The van der Waals surface area contributed by atoms with Crippen LogP contribution in [0.1, 0.15) is 11.1 Å². The van der Waals surface area contributed by atoms with Gasteiger partial charge in [0, 0.05) is 5.56 Å². The summed E-state index contributed by atoms with van der Waals surface area (Å²) in [6.45, 7) is 0. The Labute approximate surface area is 134 Å². The van der Waals surface area contributed by atoms with E-state index in [1.54, 1.807) is 12.1 Å². The summed E-state index contributed by atoms with van der Waals surface area (Å²) in [5, 5.41) is 8.48. The highest BCUT2D eigenvalue weighted by molar-refractivity contribution is 6.39. The van der Waals surface area contributed by atoms with Crippen LogP contribution in [0.5, 0.6) is 0 Å². The van der Waals surface area contributed by atoms with Gasteiger partial charge in [-0.05, 0) is 5.56 Å². The number of benzene rings is 2. The van der Waals surface area contributed by atoms with E-state index in [-0.39, 0.29) is 22.1 Å². The van der Waals surface area contributed by atoms with E-state index in [0.717, 1.165) is 5.56 Å². The molecule has 4 nitrogen and oxygen atoms in total. The summed E-state index contributed by atoms with van der Waals surface area (Å²) in [5.74, 6) is -0.0438. The molecule has 0 aliphatic rings. The maximum absolute atomic E-state index is 8.31. The highest BCUT2D eigenvalue weighted by atomic mass is 35.5. The Kier molecular flexibility index (Phi) is 4.86. The lowest BCUT2D eigenvalue weighted by Gasteiger charge is -2.13. The maximum atomic E-state index is 8.31. The van der Waals surface area contributed by atoms with Gasteiger partial charge < -0.3 is 17.2 Å². The van der Waals surface area contributed by atoms with Crippen molar-refractivity contribution in [3.05, 3.63) is 88.2 Å². The minimum absolute atomic E-state index is 0.0438. The fraction of sp³-hybridized carbons (Fsp3) is 0. The molecule has 112 valence electrons. The van der Waals surface area contributed by atoms with Crippen molar-refractivity contribution in [2.45, 2.75) is 0 Å². The number of allylic oxidation sites excluding steroid dienone is 2. The van der Waals surface area contributed by atoms with Crippen LogP contribution in [0.4, 0.5) is 0 Å². The van der Waals surface area contributed by atoms with Gasteiger partial charge in [-0.2, -0.15) is 0 Å². The van der Waals surface area contributed by atoms with Gasteiger partial charge in [0.05, 0.1) is 22.0 Å². The molecule has 0 aliphatic heterocycles. The molecule has 0 saturated carbocycles. The third kappa shape index (κ3) is 3.30. The second kappa shape index (κ2) is 6.83. The molecule has 0 aliphatic carbocycles. The molecular weight excluding hydrogens is 296 g/mol. The molecule has 7 N–H and O–H groups in total. The number of halogens is 1. The van der Waals surface area contributed by atoms with E-state index >= 15 is 0 Å². The molecular formula is C17H17ClN4. The predicted octanol–water partition coefficient (Wildman–Crippen LogP) is 2.75. The first kappa shape index (κ1) is 15.7. The molecule has 0 bridgehead atoms. The fourth-order valence-corrected chi connectivity index (χ4v) is 2.32. The highest BCUT2D eigenvalue weighted by Gasteiger charge is 2.18. The van der Waals surface area contributed by atoms with E-state index in [1.165, 1.54) is 0 Å². The van der Waals surface area contributed by atoms with Gasteiger partial charge in [0.2, 0.25) is 0 Å². The van der Waals surface area contributed by atoms with Crippen LogP contribution < -0.4 is 17.2 Å². The molecule has 0 amide bonds. The van der Waals surface area contributed by atoms with Crippen molar-refractivity contribution in [3.8, 4) is 0 Å². The Hall–Kier alpha value is -2.72. The van der Waals surface area contributed by atoms with Crippen LogP contribution in [0.25, 0.3) is 5.70 Å². The Morgan fingerprint density at radius 2 is 1.23 bits per heavy atom. The van der Waals surface area contributed by atoms with Crippen molar-refractivity contribution in [2.24, 2.45) is 17.2 Å². The molecule has 5 heteroatoms. The molecule has 0 saturated heterocycles. The zero-order valence-electron chi connectivity index (χ0n) is 11.9. The highest BCUT2D eigenvalue weighted by Crippen LogP contribution is 2.26. The van der Waals surface area contributed by atoms with Gasteiger partial charge in [-0.3, -0.25) is 5.41 Å². The quantitative estimate of drug-likeness (QED) is 0.515. The van der Waals surface area contributed by atoms with E-state index in [9.17, 15) is 0 Å². The number of hydrogen-bond donors (Lipinski definition) is 4. The van der Waals surface area contributed by atoms with Gasteiger partial charge in [0.15, 0.2) is 0 Å². The summed E-state index contributed by atoms with van der Waals surface area (Å²) in [5.41, 5.74) is 19.7. The average Bonchev–Trinajstić information content (AvgIpc) is 2.55. The van der Waals surface area contributed by atoms with E-state index in [1.807, 2.05) is 48.5 Å². The molecule has 0 atom stereocenters. The second-order valence-electron chi connectivity index (χ2n) is 4.67. The lowest BCUT2D eigenvalue weighted by molar-refractivity contribution is 1.21. The summed E-state index contributed by atoms with van der Waals surface area (Å²) < 4.78 is 0. The van der Waals surface area contributed by atoms with Crippen LogP contribution in [0, 0.1) is 5.41 Å². The average molecular weight is 313 g/mol. The van der Waals surface area contributed by atoms with E-state index < -0.39 is 0 Å². The van der Waals surface area contributed by atoms with Crippen molar-refractivity contribution in [1.82, 2.24) is 0 Å². The summed E-state index contributed by atoms with van der Waals surface area (Å²) in [7, 11) is 0. The number of rotatable bonds is 4. The van der Waals surface area contributed by atoms with Gasteiger partial charge in [-0.15, -0.1) is 0 Å². The molecule has 2 rings (SSSR count). The SMILES string of the molecule is N=C(C(=C(N)N)/C(Cl)=C(\N)c1ccccc1)c1ccccc1. The molecule has 2 aromatic carbocycles. The normalized spacial score (nSPS) is 11.5. The molecule has 0 spiro atoms. The lowest BCUT2D eigenvalue weighted by Crippen LogP contribution is -2.19. The fourth-order valence-electron chi connectivity index (χ4n) is 2.01. The van der Waals surface area contributed by atoms with Gasteiger partial charge in [-0.1, -0.05) is 72.3 Å². The summed E-state index contributed by atoms with van der Waals surface area (Å²) in [6, 6.07) is 18.3. The van der Waals surface area contributed by atoms with E-state index in [2.05, 4.69) is 0 Å². The van der Waals surface area contributed by atoms with Crippen molar-refractivity contribution in [1.29, 1.82) is 5.41 Å². The van der Waals surface area contributed by atoms with Crippen LogP contribution in [-0.2, 0) is 0 Å². The Morgan fingerprint density at radius 1 is 0.773 bits per heavy atom. The van der Waals surface area contributed by atoms with Crippen molar-refractivity contribution in [3.63, 3.8) is 0 Å². The third-order valence-electron chi connectivity index (χ3n) is 3.14. The van der Waals surface area contributed by atoms with Crippen LogP contribution in [0.2, 0.25) is 0 Å². The molecule has 0 unspecified atom stereocenters. The Morgan fingerprint density at radius 3 is 1.68 bits per heavy atom. The summed E-state index contributed by atoms with van der Waals surface area (Å²) in [6.07, 6.45) is 0. The molecule has 0 radical (unpaired) electrons. The van der Waals surface area contributed by atoms with Gasteiger partial charge in [0.1, 0.15) is 5.82 Å². The lowest BCUT2D eigenvalue weighted by atomic mass is 10.00. The predicted molar refractivity (Wildman–Crippen MR) is 92.1 cm³/mol. The second-order valence-corrected chi connectivity index (χ2v) is 5.04. The molecule has 0 heterocycles. The van der Waals surface area contributed by atoms with Crippen LogP contribution in [0.15, 0.2) is 77.1 Å².